The second kappa shape index (κ2) is 7.36. The number of carbonyl (C=O) groups excluding carboxylic acids is 2. The van der Waals surface area contributed by atoms with Crippen LogP contribution in [0, 0.1) is 11.3 Å². The number of fused-ring (bicyclic) bond motifs is 1. The molecule has 0 saturated heterocycles. The first-order valence-electron chi connectivity index (χ1n) is 7.92. The molecule has 0 unspecified atom stereocenters. The van der Waals surface area contributed by atoms with Crippen LogP contribution < -0.4 is 10.6 Å². The first kappa shape index (κ1) is 17.0. The Morgan fingerprint density at radius 1 is 1.32 bits per heavy atom. The Morgan fingerprint density at radius 3 is 2.88 bits per heavy atom. The molecule has 1 amide bonds. The van der Waals surface area contributed by atoms with Gasteiger partial charge in [0, 0.05) is 17.6 Å². The maximum absolute atomic E-state index is 12.1. The van der Waals surface area contributed by atoms with Crippen LogP contribution in [0.5, 0.6) is 0 Å². The molecule has 1 aliphatic carbocycles. The van der Waals surface area contributed by atoms with Crippen LogP contribution in [0.3, 0.4) is 0 Å². The zero-order chi connectivity index (χ0) is 17.8. The molecule has 0 atom stereocenters. The number of nitrogens with zero attached hydrogens (tertiary/aromatic N) is 1. The monoisotopic (exact) mass is 355 g/mol. The van der Waals surface area contributed by atoms with E-state index in [4.69, 9.17) is 4.74 Å². The van der Waals surface area contributed by atoms with E-state index in [1.807, 2.05) is 0 Å². The Bertz CT molecular complexity index is 867. The van der Waals surface area contributed by atoms with Gasteiger partial charge < -0.3 is 15.4 Å². The number of aryl methyl sites for hydroxylation is 1. The van der Waals surface area contributed by atoms with Crippen molar-refractivity contribution >= 4 is 33.9 Å². The van der Waals surface area contributed by atoms with Crippen LogP contribution in [-0.2, 0) is 22.4 Å². The van der Waals surface area contributed by atoms with Crippen LogP contribution in [0.25, 0.3) is 0 Å². The van der Waals surface area contributed by atoms with Crippen molar-refractivity contribution < 1.29 is 14.3 Å². The van der Waals surface area contributed by atoms with Gasteiger partial charge in [-0.1, -0.05) is 12.1 Å². The molecule has 7 heteroatoms. The Balaban J connectivity index is 1.62. The number of esters is 1. The Morgan fingerprint density at radius 2 is 2.12 bits per heavy atom. The molecule has 6 nitrogen and oxygen atoms in total. The van der Waals surface area contributed by atoms with E-state index in [0.717, 1.165) is 29.7 Å². The smallest absolute Gasteiger partial charge is 0.340 e. The molecule has 2 aromatic rings. The van der Waals surface area contributed by atoms with Crippen LogP contribution in [0.4, 0.5) is 10.7 Å². The van der Waals surface area contributed by atoms with Crippen LogP contribution >= 0.6 is 11.3 Å². The summed E-state index contributed by atoms with van der Waals surface area (Å²) >= 11 is 1.43. The number of hydrogen-bond donors (Lipinski definition) is 2. The third-order valence-electron chi connectivity index (χ3n) is 4.04. The number of thiophene rings is 1. The molecule has 0 aliphatic heterocycles. The van der Waals surface area contributed by atoms with E-state index in [2.05, 4.69) is 16.7 Å². The summed E-state index contributed by atoms with van der Waals surface area (Å²) in [5.74, 6) is -1.03. The van der Waals surface area contributed by atoms with Crippen molar-refractivity contribution in [3.63, 3.8) is 0 Å². The van der Waals surface area contributed by atoms with Crippen molar-refractivity contribution in [2.45, 2.75) is 19.3 Å². The Kier molecular flexibility index (Phi) is 5.00. The zero-order valence-electron chi connectivity index (χ0n) is 13.7. The predicted molar refractivity (Wildman–Crippen MR) is 96.0 cm³/mol. The zero-order valence-corrected chi connectivity index (χ0v) is 14.5. The lowest BCUT2D eigenvalue weighted by Gasteiger charge is -2.09. The SMILES string of the molecule is CNc1ccccc1C(=O)OCC(=O)Nc1sc2c(c1C#N)CCC2. The third kappa shape index (κ3) is 3.49. The van der Waals surface area contributed by atoms with E-state index in [1.165, 1.54) is 11.3 Å². The second-order valence-electron chi connectivity index (χ2n) is 5.59. The molecular formula is C18H17N3O3S. The molecule has 0 bridgehead atoms. The maximum atomic E-state index is 12.1. The van der Waals surface area contributed by atoms with Crippen molar-refractivity contribution in [2.24, 2.45) is 0 Å². The summed E-state index contributed by atoms with van der Waals surface area (Å²) < 4.78 is 5.09. The van der Waals surface area contributed by atoms with E-state index >= 15 is 0 Å². The first-order chi connectivity index (χ1) is 12.1. The molecule has 0 radical (unpaired) electrons. The summed E-state index contributed by atoms with van der Waals surface area (Å²) in [4.78, 5) is 25.4. The third-order valence-corrected chi connectivity index (χ3v) is 5.24. The van der Waals surface area contributed by atoms with Gasteiger partial charge in [-0.2, -0.15) is 5.26 Å². The highest BCUT2D eigenvalue weighted by atomic mass is 32.1. The van der Waals surface area contributed by atoms with Crippen LogP contribution in [0.2, 0.25) is 0 Å². The van der Waals surface area contributed by atoms with Crippen molar-refractivity contribution in [3.05, 3.63) is 45.8 Å². The number of para-hydroxylation sites is 1. The molecule has 128 valence electrons. The molecule has 0 fully saturated rings. The minimum Gasteiger partial charge on any atom is -0.452 e. The van der Waals surface area contributed by atoms with E-state index in [0.29, 0.717) is 21.8 Å². The molecule has 1 heterocycles. The van der Waals surface area contributed by atoms with Gasteiger partial charge in [0.2, 0.25) is 0 Å². The average Bonchev–Trinajstić information content (AvgIpc) is 3.20. The van der Waals surface area contributed by atoms with Crippen LogP contribution in [-0.4, -0.2) is 25.5 Å². The Labute approximate surface area is 149 Å². The molecule has 1 aromatic carbocycles. The van der Waals surface area contributed by atoms with Crippen molar-refractivity contribution in [1.82, 2.24) is 0 Å². The van der Waals surface area contributed by atoms with Crippen molar-refractivity contribution in [1.29, 1.82) is 5.26 Å². The van der Waals surface area contributed by atoms with Crippen molar-refractivity contribution in [2.75, 3.05) is 24.3 Å². The highest BCUT2D eigenvalue weighted by molar-refractivity contribution is 7.16. The molecule has 25 heavy (non-hydrogen) atoms. The summed E-state index contributed by atoms with van der Waals surface area (Å²) in [7, 11) is 1.71. The maximum Gasteiger partial charge on any atom is 0.340 e. The average molecular weight is 355 g/mol. The van der Waals surface area contributed by atoms with Gasteiger partial charge in [0.05, 0.1) is 11.1 Å². The summed E-state index contributed by atoms with van der Waals surface area (Å²) in [6.45, 7) is -0.398. The molecule has 3 rings (SSSR count). The number of nitriles is 1. The van der Waals surface area contributed by atoms with E-state index < -0.39 is 18.5 Å². The van der Waals surface area contributed by atoms with E-state index in [-0.39, 0.29) is 0 Å². The van der Waals surface area contributed by atoms with Gasteiger partial charge in [0.25, 0.3) is 5.91 Å². The van der Waals surface area contributed by atoms with E-state index in [1.54, 1.807) is 31.3 Å². The minimum absolute atomic E-state index is 0.366. The highest BCUT2D eigenvalue weighted by Crippen LogP contribution is 2.38. The van der Waals surface area contributed by atoms with Gasteiger partial charge in [-0.15, -0.1) is 11.3 Å². The van der Waals surface area contributed by atoms with Gasteiger partial charge in [0.1, 0.15) is 11.1 Å². The number of nitrogens with one attached hydrogen (secondary N) is 2. The topological polar surface area (TPSA) is 91.2 Å². The molecule has 0 saturated carbocycles. The quantitative estimate of drug-likeness (QED) is 0.805. The van der Waals surface area contributed by atoms with Crippen molar-refractivity contribution in [3.8, 4) is 6.07 Å². The lowest BCUT2D eigenvalue weighted by Crippen LogP contribution is -2.21. The molecular weight excluding hydrogens is 338 g/mol. The number of ether oxygens (including phenoxy) is 1. The number of carbonyl (C=O) groups is 2. The fraction of sp³-hybridized carbons (Fsp3) is 0.278. The minimum atomic E-state index is -0.575. The first-order valence-corrected chi connectivity index (χ1v) is 8.74. The Hall–Kier alpha value is -2.85. The number of amides is 1. The van der Waals surface area contributed by atoms with E-state index in [9.17, 15) is 14.9 Å². The highest BCUT2D eigenvalue weighted by Gasteiger charge is 2.23. The number of anilines is 2. The molecule has 1 aromatic heterocycles. The summed E-state index contributed by atoms with van der Waals surface area (Å²) in [6.07, 6.45) is 2.87. The molecule has 0 spiro atoms. The second-order valence-corrected chi connectivity index (χ2v) is 6.70. The standard InChI is InChI=1S/C18H17N3O3S/c1-20-14-7-3-2-5-12(14)18(23)24-10-16(22)21-17-13(9-19)11-6-4-8-15(11)25-17/h2-3,5,7,20H,4,6,8,10H2,1H3,(H,21,22). The van der Waals surface area contributed by atoms with Gasteiger partial charge in [-0.3, -0.25) is 4.79 Å². The van der Waals surface area contributed by atoms with Gasteiger partial charge >= 0.3 is 5.97 Å². The van der Waals surface area contributed by atoms with Gasteiger partial charge in [-0.05, 0) is 37.0 Å². The normalized spacial score (nSPS) is 12.2. The number of hydrogen-bond acceptors (Lipinski definition) is 6. The summed E-state index contributed by atoms with van der Waals surface area (Å²) in [5.41, 5.74) is 2.58. The number of rotatable bonds is 5. The fourth-order valence-electron chi connectivity index (χ4n) is 2.86. The lowest BCUT2D eigenvalue weighted by atomic mass is 10.1. The predicted octanol–water partition coefficient (Wildman–Crippen LogP) is 2.95. The number of benzene rings is 1. The fourth-order valence-corrected chi connectivity index (χ4v) is 4.12. The summed E-state index contributed by atoms with van der Waals surface area (Å²) in [5, 5.41) is 15.5. The van der Waals surface area contributed by atoms with Crippen LogP contribution in [0.15, 0.2) is 24.3 Å². The molecule has 1 aliphatic rings. The van der Waals surface area contributed by atoms with Crippen LogP contribution in [0.1, 0.15) is 32.8 Å². The molecule has 2 N–H and O–H groups in total. The lowest BCUT2D eigenvalue weighted by molar-refractivity contribution is -0.119. The summed E-state index contributed by atoms with van der Waals surface area (Å²) in [6, 6.07) is 9.07. The largest absolute Gasteiger partial charge is 0.452 e. The van der Waals surface area contributed by atoms with Gasteiger partial charge in [-0.25, -0.2) is 4.79 Å². The van der Waals surface area contributed by atoms with Gasteiger partial charge in [0.15, 0.2) is 6.61 Å².